The van der Waals surface area contributed by atoms with Crippen molar-refractivity contribution in [3.8, 4) is 0 Å². The molecule has 0 aliphatic rings. The van der Waals surface area contributed by atoms with E-state index in [-0.39, 0.29) is 22.2 Å². The van der Waals surface area contributed by atoms with Crippen molar-refractivity contribution < 1.29 is 13.9 Å². The number of nitrogens with one attached hydrogen (secondary N) is 1. The van der Waals surface area contributed by atoms with E-state index >= 15 is 0 Å². The van der Waals surface area contributed by atoms with Crippen LogP contribution >= 0.6 is 34.7 Å². The molecule has 0 saturated carbocycles. The minimum Gasteiger partial charge on any atom is -0.383 e. The van der Waals surface area contributed by atoms with Crippen LogP contribution in [-0.2, 0) is 16.1 Å². The van der Waals surface area contributed by atoms with Gasteiger partial charge in [0.25, 0.3) is 5.56 Å². The Morgan fingerprint density at radius 2 is 2.26 bits per heavy atom. The van der Waals surface area contributed by atoms with Crippen LogP contribution in [0.3, 0.4) is 0 Å². The number of benzene rings is 1. The summed E-state index contributed by atoms with van der Waals surface area (Å²) in [6, 6.07) is 5.71. The predicted octanol–water partition coefficient (Wildman–Crippen LogP) is 3.63. The second-order valence-electron chi connectivity index (χ2n) is 5.44. The lowest BCUT2D eigenvalue weighted by Gasteiger charge is -2.11. The van der Waals surface area contributed by atoms with Gasteiger partial charge in [-0.25, -0.2) is 9.37 Å². The van der Waals surface area contributed by atoms with Gasteiger partial charge in [0.15, 0.2) is 5.16 Å². The molecule has 0 aliphatic carbocycles. The average molecular weight is 428 g/mol. The van der Waals surface area contributed by atoms with E-state index in [1.807, 2.05) is 0 Å². The Kier molecular flexibility index (Phi) is 6.48. The van der Waals surface area contributed by atoms with Crippen molar-refractivity contribution in [2.45, 2.75) is 11.7 Å². The Bertz CT molecular complexity index is 1040. The number of amides is 1. The van der Waals surface area contributed by atoms with Gasteiger partial charge in [-0.05, 0) is 29.6 Å². The van der Waals surface area contributed by atoms with Crippen LogP contribution in [0.1, 0.15) is 0 Å². The Labute approximate surface area is 167 Å². The molecule has 0 fully saturated rings. The van der Waals surface area contributed by atoms with Gasteiger partial charge in [-0.15, -0.1) is 11.3 Å². The number of nitrogens with zero attached hydrogens (tertiary/aromatic N) is 2. The second kappa shape index (κ2) is 8.83. The minimum absolute atomic E-state index is 0.0318. The number of anilines is 1. The predicted molar refractivity (Wildman–Crippen MR) is 107 cm³/mol. The van der Waals surface area contributed by atoms with E-state index < -0.39 is 5.82 Å². The van der Waals surface area contributed by atoms with Crippen LogP contribution in [0.15, 0.2) is 39.6 Å². The third kappa shape index (κ3) is 4.67. The fraction of sp³-hybridized carbons (Fsp3) is 0.235. The summed E-state index contributed by atoms with van der Waals surface area (Å²) in [7, 11) is 1.55. The van der Waals surface area contributed by atoms with Crippen LogP contribution in [0.4, 0.5) is 10.1 Å². The lowest BCUT2D eigenvalue weighted by molar-refractivity contribution is -0.113. The highest BCUT2D eigenvalue weighted by Gasteiger charge is 2.14. The number of carbonyl (C=O) groups excluding carboxylic acids is 1. The first-order valence-corrected chi connectivity index (χ1v) is 10.1. The number of fused-ring (bicyclic) bond motifs is 1. The molecule has 6 nitrogen and oxygen atoms in total. The number of carbonyl (C=O) groups is 1. The third-order valence-electron chi connectivity index (χ3n) is 3.59. The van der Waals surface area contributed by atoms with Crippen LogP contribution in [0, 0.1) is 5.82 Å². The molecular weight excluding hydrogens is 413 g/mol. The van der Waals surface area contributed by atoms with Gasteiger partial charge in [-0.1, -0.05) is 23.4 Å². The minimum atomic E-state index is -0.556. The lowest BCUT2D eigenvalue weighted by atomic mass is 10.3. The first kappa shape index (κ1) is 19.8. The summed E-state index contributed by atoms with van der Waals surface area (Å²) < 4.78 is 20.3. The Balaban J connectivity index is 1.76. The molecule has 2 heterocycles. The normalized spacial score (nSPS) is 11.1. The maximum atomic E-state index is 13.2. The van der Waals surface area contributed by atoms with E-state index in [1.165, 1.54) is 34.1 Å². The Morgan fingerprint density at radius 3 is 3.00 bits per heavy atom. The van der Waals surface area contributed by atoms with E-state index in [1.54, 1.807) is 18.6 Å². The van der Waals surface area contributed by atoms with Crippen LogP contribution in [0.5, 0.6) is 0 Å². The smallest absolute Gasteiger partial charge is 0.272 e. The van der Waals surface area contributed by atoms with E-state index in [9.17, 15) is 14.0 Å². The molecule has 0 aliphatic heterocycles. The average Bonchev–Trinajstić information content (AvgIpc) is 3.11. The highest BCUT2D eigenvalue weighted by Crippen LogP contribution is 2.22. The molecule has 0 unspecified atom stereocenters. The Hall–Kier alpha value is -1.94. The number of thiophene rings is 1. The third-order valence-corrected chi connectivity index (χ3v) is 5.74. The van der Waals surface area contributed by atoms with E-state index in [0.29, 0.717) is 34.2 Å². The molecule has 0 bridgehead atoms. The molecule has 0 spiro atoms. The molecule has 2 aromatic heterocycles. The van der Waals surface area contributed by atoms with Crippen molar-refractivity contribution in [3.05, 3.63) is 50.8 Å². The van der Waals surface area contributed by atoms with E-state index in [2.05, 4.69) is 10.3 Å². The maximum Gasteiger partial charge on any atom is 0.272 e. The number of hydrogen-bond donors (Lipinski definition) is 1. The lowest BCUT2D eigenvalue weighted by Crippen LogP contribution is -2.25. The number of thioether (sulfide) groups is 1. The molecule has 3 aromatic rings. The van der Waals surface area contributed by atoms with Gasteiger partial charge in [0.05, 0.1) is 29.4 Å². The molecule has 0 radical (unpaired) electrons. The fourth-order valence-electron chi connectivity index (χ4n) is 2.31. The van der Waals surface area contributed by atoms with Crippen molar-refractivity contribution in [1.82, 2.24) is 9.55 Å². The van der Waals surface area contributed by atoms with E-state index in [4.69, 9.17) is 16.3 Å². The van der Waals surface area contributed by atoms with Crippen molar-refractivity contribution in [1.29, 1.82) is 0 Å². The van der Waals surface area contributed by atoms with Crippen molar-refractivity contribution in [2.24, 2.45) is 0 Å². The molecule has 0 saturated heterocycles. The molecule has 10 heteroatoms. The number of rotatable bonds is 7. The zero-order chi connectivity index (χ0) is 19.4. The number of ether oxygens (including phenoxy) is 1. The molecule has 142 valence electrons. The standard InChI is InChI=1S/C17H15ClFN3O3S2/c1-25-6-5-22-16(24)15-13(4-7-26-15)21-17(22)27-9-14(23)20-10-2-3-12(19)11(18)8-10/h2-4,7-8H,5-6,9H2,1H3,(H,20,23). The highest BCUT2D eigenvalue weighted by atomic mass is 35.5. The Morgan fingerprint density at radius 1 is 1.44 bits per heavy atom. The quantitative estimate of drug-likeness (QED) is 0.460. The summed E-state index contributed by atoms with van der Waals surface area (Å²) in [5.41, 5.74) is 0.845. The van der Waals surface area contributed by atoms with Gasteiger partial charge in [-0.2, -0.15) is 0 Å². The molecule has 3 rings (SSSR count). The first-order chi connectivity index (χ1) is 13.0. The van der Waals surface area contributed by atoms with Crippen molar-refractivity contribution in [3.63, 3.8) is 0 Å². The summed E-state index contributed by atoms with van der Waals surface area (Å²) >= 11 is 8.19. The summed E-state index contributed by atoms with van der Waals surface area (Å²) in [6.07, 6.45) is 0. The monoisotopic (exact) mass is 427 g/mol. The van der Waals surface area contributed by atoms with Crippen molar-refractivity contribution in [2.75, 3.05) is 24.8 Å². The van der Waals surface area contributed by atoms with Gasteiger partial charge >= 0.3 is 0 Å². The van der Waals surface area contributed by atoms with Crippen LogP contribution in [-0.4, -0.2) is 34.9 Å². The molecule has 1 aromatic carbocycles. The molecule has 27 heavy (non-hydrogen) atoms. The van der Waals surface area contributed by atoms with Gasteiger partial charge in [0.1, 0.15) is 10.5 Å². The largest absolute Gasteiger partial charge is 0.383 e. The van der Waals surface area contributed by atoms with Crippen LogP contribution < -0.4 is 10.9 Å². The van der Waals surface area contributed by atoms with Crippen molar-refractivity contribution >= 4 is 56.5 Å². The van der Waals surface area contributed by atoms with Gasteiger partial charge in [0.2, 0.25) is 5.91 Å². The van der Waals surface area contributed by atoms with Gasteiger partial charge in [0, 0.05) is 12.8 Å². The van der Waals surface area contributed by atoms with Crippen LogP contribution in [0.2, 0.25) is 5.02 Å². The fourth-order valence-corrected chi connectivity index (χ4v) is 4.10. The SMILES string of the molecule is COCCn1c(SCC(=O)Nc2ccc(F)c(Cl)c2)nc2ccsc2c1=O. The van der Waals surface area contributed by atoms with Gasteiger partial charge in [-0.3, -0.25) is 14.2 Å². The maximum absolute atomic E-state index is 13.2. The summed E-state index contributed by atoms with van der Waals surface area (Å²) in [4.78, 5) is 29.3. The topological polar surface area (TPSA) is 73.2 Å². The summed E-state index contributed by atoms with van der Waals surface area (Å²) in [5.74, 6) is -0.843. The van der Waals surface area contributed by atoms with Gasteiger partial charge < -0.3 is 10.1 Å². The highest BCUT2D eigenvalue weighted by molar-refractivity contribution is 7.99. The summed E-state index contributed by atoms with van der Waals surface area (Å²) in [5, 5.41) is 4.81. The number of methoxy groups -OCH3 is 1. The number of halogens is 2. The molecular formula is C17H15ClFN3O3S2. The summed E-state index contributed by atoms with van der Waals surface area (Å²) in [6.45, 7) is 0.694. The second-order valence-corrected chi connectivity index (χ2v) is 7.71. The zero-order valence-corrected chi connectivity index (χ0v) is 16.6. The molecule has 0 atom stereocenters. The first-order valence-electron chi connectivity index (χ1n) is 7.84. The molecule has 1 N–H and O–H groups in total. The van der Waals surface area contributed by atoms with E-state index in [0.717, 1.165) is 11.8 Å². The number of hydrogen-bond acceptors (Lipinski definition) is 6. The van der Waals surface area contributed by atoms with Crippen LogP contribution in [0.25, 0.3) is 10.2 Å². The molecule has 1 amide bonds. The number of aromatic nitrogens is 2. The zero-order valence-electron chi connectivity index (χ0n) is 14.2.